The average Bonchev–Trinajstić information content (AvgIpc) is 2.90. The molecule has 0 spiro atoms. The van der Waals surface area contributed by atoms with E-state index in [0.29, 0.717) is 11.1 Å². The zero-order valence-corrected chi connectivity index (χ0v) is 11.3. The minimum Gasteiger partial charge on any atom is -0.465 e. The lowest BCUT2D eigenvalue weighted by Crippen LogP contribution is -2.32. The summed E-state index contributed by atoms with van der Waals surface area (Å²) in [4.78, 5) is 16.1. The Hall–Kier alpha value is -2.22. The van der Waals surface area contributed by atoms with Crippen LogP contribution < -0.4 is 5.32 Å². The van der Waals surface area contributed by atoms with Crippen LogP contribution in [-0.4, -0.2) is 31.4 Å². The summed E-state index contributed by atoms with van der Waals surface area (Å²) in [6.45, 7) is 0. The fraction of sp³-hybridized carbons (Fsp3) is 0.308. The van der Waals surface area contributed by atoms with Crippen molar-refractivity contribution in [2.24, 2.45) is 0 Å². The molecular formula is C13H13F3N2O3. The molecule has 1 aromatic carbocycles. The third kappa shape index (κ3) is 2.94. The van der Waals surface area contributed by atoms with Gasteiger partial charge < -0.3 is 10.1 Å². The van der Waals surface area contributed by atoms with Gasteiger partial charge in [-0.2, -0.15) is 13.2 Å². The highest BCUT2D eigenvalue weighted by Crippen LogP contribution is 2.36. The molecule has 1 aromatic rings. The molecule has 0 fully saturated rings. The van der Waals surface area contributed by atoms with Crippen molar-refractivity contribution in [2.45, 2.75) is 12.3 Å². The number of hydrogen-bond acceptors (Lipinski definition) is 5. The van der Waals surface area contributed by atoms with Gasteiger partial charge in [-0.3, -0.25) is 4.84 Å². The summed E-state index contributed by atoms with van der Waals surface area (Å²) < 4.78 is 43.0. The minimum absolute atomic E-state index is 0.312. The maximum Gasteiger partial charge on any atom is 0.434 e. The second-order valence-corrected chi connectivity index (χ2v) is 4.22. The molecule has 1 aliphatic rings. The molecule has 1 atom stereocenters. The van der Waals surface area contributed by atoms with E-state index in [0.717, 1.165) is 18.4 Å². The Morgan fingerprint density at radius 3 is 2.33 bits per heavy atom. The molecule has 21 heavy (non-hydrogen) atoms. The summed E-state index contributed by atoms with van der Waals surface area (Å²) >= 11 is 0. The second-order valence-electron chi connectivity index (χ2n) is 4.22. The van der Waals surface area contributed by atoms with Crippen LogP contribution in [0.15, 0.2) is 36.2 Å². The maximum atomic E-state index is 12.8. The van der Waals surface area contributed by atoms with Crippen LogP contribution in [0, 0.1) is 0 Å². The van der Waals surface area contributed by atoms with Crippen molar-refractivity contribution in [3.63, 3.8) is 0 Å². The van der Waals surface area contributed by atoms with Gasteiger partial charge in [0.1, 0.15) is 0 Å². The Morgan fingerprint density at radius 1 is 1.24 bits per heavy atom. The Kier molecular flexibility index (Phi) is 4.08. The number of carbonyl (C=O) groups is 1. The van der Waals surface area contributed by atoms with Crippen molar-refractivity contribution >= 4 is 5.97 Å². The van der Waals surface area contributed by atoms with E-state index in [9.17, 15) is 18.0 Å². The van der Waals surface area contributed by atoms with E-state index in [1.54, 1.807) is 0 Å². The zero-order valence-electron chi connectivity index (χ0n) is 11.3. The number of hydroxylamine groups is 2. The number of nitrogens with one attached hydrogen (secondary N) is 1. The predicted molar refractivity (Wildman–Crippen MR) is 66.6 cm³/mol. The summed E-state index contributed by atoms with van der Waals surface area (Å²) in [7, 11) is 2.41. The van der Waals surface area contributed by atoms with E-state index in [1.165, 1.54) is 31.4 Å². The first kappa shape index (κ1) is 15.2. The Bertz CT molecular complexity index is 555. The number of carbonyl (C=O) groups excluding carboxylic acids is 1. The van der Waals surface area contributed by atoms with Crippen molar-refractivity contribution < 1.29 is 27.5 Å². The Labute approximate surface area is 118 Å². The first-order valence-electron chi connectivity index (χ1n) is 5.93. The van der Waals surface area contributed by atoms with Gasteiger partial charge in [-0.15, -0.1) is 0 Å². The second kappa shape index (κ2) is 5.65. The molecule has 0 aliphatic carbocycles. The van der Waals surface area contributed by atoms with E-state index < -0.39 is 24.0 Å². The summed E-state index contributed by atoms with van der Waals surface area (Å²) in [6.07, 6.45) is -4.50. The normalized spacial score (nSPS) is 18.2. The van der Waals surface area contributed by atoms with Crippen molar-refractivity contribution in [3.05, 3.63) is 47.3 Å². The monoisotopic (exact) mass is 302 g/mol. The quantitative estimate of drug-likeness (QED) is 0.869. The van der Waals surface area contributed by atoms with Gasteiger partial charge in [-0.05, 0) is 17.7 Å². The number of halogens is 3. The van der Waals surface area contributed by atoms with E-state index >= 15 is 0 Å². The number of allylic oxidation sites excluding steroid dienone is 1. The average molecular weight is 302 g/mol. The molecule has 0 aromatic heterocycles. The molecule has 5 nitrogen and oxygen atoms in total. The summed E-state index contributed by atoms with van der Waals surface area (Å²) in [5.74, 6) is -0.515. The van der Waals surface area contributed by atoms with E-state index in [2.05, 4.69) is 10.1 Å². The molecule has 1 N–H and O–H groups in total. The lowest BCUT2D eigenvalue weighted by atomic mass is 10.1. The Morgan fingerprint density at radius 2 is 1.86 bits per heavy atom. The third-order valence-corrected chi connectivity index (χ3v) is 2.98. The van der Waals surface area contributed by atoms with Crippen LogP contribution in [-0.2, 0) is 9.57 Å². The SMILES string of the molecule is COC(=O)c1ccc(C2NC=C(C(F)(F)F)N2OC)cc1. The molecular weight excluding hydrogens is 289 g/mol. The van der Waals surface area contributed by atoms with Crippen molar-refractivity contribution in [1.29, 1.82) is 0 Å². The van der Waals surface area contributed by atoms with Crippen LogP contribution in [0.4, 0.5) is 13.2 Å². The van der Waals surface area contributed by atoms with Gasteiger partial charge in [0.15, 0.2) is 11.9 Å². The summed E-state index contributed by atoms with van der Waals surface area (Å²) in [5.41, 5.74) is -0.0979. The van der Waals surface area contributed by atoms with Gasteiger partial charge in [-0.25, -0.2) is 9.86 Å². The number of rotatable bonds is 3. The van der Waals surface area contributed by atoms with Crippen LogP contribution in [0.25, 0.3) is 0 Å². The fourth-order valence-corrected chi connectivity index (χ4v) is 1.99. The molecule has 2 rings (SSSR count). The molecule has 1 aliphatic heterocycles. The first-order valence-corrected chi connectivity index (χ1v) is 5.93. The number of methoxy groups -OCH3 is 1. The highest BCUT2D eigenvalue weighted by molar-refractivity contribution is 5.89. The topological polar surface area (TPSA) is 50.8 Å². The van der Waals surface area contributed by atoms with E-state index in [1.807, 2.05) is 0 Å². The fourth-order valence-electron chi connectivity index (χ4n) is 1.99. The largest absolute Gasteiger partial charge is 0.465 e. The molecule has 0 bridgehead atoms. The third-order valence-electron chi connectivity index (χ3n) is 2.98. The number of hydrogen-bond donors (Lipinski definition) is 1. The molecule has 1 unspecified atom stereocenters. The number of nitrogens with zero attached hydrogens (tertiary/aromatic N) is 1. The minimum atomic E-state index is -4.52. The molecule has 0 amide bonds. The van der Waals surface area contributed by atoms with Gasteiger partial charge in [0.05, 0.1) is 19.8 Å². The highest BCUT2D eigenvalue weighted by atomic mass is 19.4. The maximum absolute atomic E-state index is 12.8. The predicted octanol–water partition coefficient (Wildman–Crippen LogP) is 2.34. The first-order chi connectivity index (χ1) is 9.88. The molecule has 1 heterocycles. The van der Waals surface area contributed by atoms with Gasteiger partial charge >= 0.3 is 12.1 Å². The molecule has 0 radical (unpaired) electrons. The van der Waals surface area contributed by atoms with Crippen molar-refractivity contribution in [3.8, 4) is 0 Å². The highest BCUT2D eigenvalue weighted by Gasteiger charge is 2.44. The lowest BCUT2D eigenvalue weighted by Gasteiger charge is -2.27. The Balaban J connectivity index is 2.22. The number of alkyl halides is 3. The number of ether oxygens (including phenoxy) is 1. The van der Waals surface area contributed by atoms with E-state index in [-0.39, 0.29) is 0 Å². The zero-order chi connectivity index (χ0) is 15.6. The molecule has 0 saturated heterocycles. The van der Waals surface area contributed by atoms with Crippen LogP contribution >= 0.6 is 0 Å². The summed E-state index contributed by atoms with van der Waals surface area (Å²) in [6, 6.07) is 6.01. The smallest absolute Gasteiger partial charge is 0.434 e. The number of benzene rings is 1. The molecule has 114 valence electrons. The van der Waals surface area contributed by atoms with Crippen LogP contribution in [0.3, 0.4) is 0 Å². The lowest BCUT2D eigenvalue weighted by molar-refractivity contribution is -0.193. The summed E-state index contributed by atoms with van der Waals surface area (Å²) in [5, 5.41) is 3.33. The van der Waals surface area contributed by atoms with E-state index in [4.69, 9.17) is 4.84 Å². The van der Waals surface area contributed by atoms with Crippen LogP contribution in [0.2, 0.25) is 0 Å². The molecule has 0 saturated carbocycles. The molecule has 8 heteroatoms. The van der Waals surface area contributed by atoms with Crippen LogP contribution in [0.1, 0.15) is 22.1 Å². The van der Waals surface area contributed by atoms with Gasteiger partial charge in [0.25, 0.3) is 0 Å². The van der Waals surface area contributed by atoms with Crippen LogP contribution in [0.5, 0.6) is 0 Å². The standard InChI is InChI=1S/C13H13F3N2O3/c1-20-12(19)9-5-3-8(4-6-9)11-17-7-10(13(14,15)16)18(11)21-2/h3-7,11,17H,1-2H3. The van der Waals surface area contributed by atoms with Crippen molar-refractivity contribution in [1.82, 2.24) is 10.4 Å². The number of esters is 1. The van der Waals surface area contributed by atoms with Gasteiger partial charge in [0, 0.05) is 6.20 Å². The van der Waals surface area contributed by atoms with Crippen molar-refractivity contribution in [2.75, 3.05) is 14.2 Å². The van der Waals surface area contributed by atoms with Gasteiger partial charge in [-0.1, -0.05) is 12.1 Å². The van der Waals surface area contributed by atoms with Gasteiger partial charge in [0.2, 0.25) is 0 Å².